The quantitative estimate of drug-likeness (QED) is 0.715. The number of benzene rings is 1. The Hall–Kier alpha value is -0.890. The van der Waals surface area contributed by atoms with Crippen molar-refractivity contribution >= 4 is 10.8 Å². The van der Waals surface area contributed by atoms with E-state index >= 15 is 0 Å². The lowest BCUT2D eigenvalue weighted by Gasteiger charge is -2.23. The minimum atomic E-state index is -0.908. The summed E-state index contributed by atoms with van der Waals surface area (Å²) in [7, 11) is -0.908. The third kappa shape index (κ3) is 2.43. The molecule has 1 aliphatic carbocycles. The molecule has 1 aromatic rings. The van der Waals surface area contributed by atoms with Gasteiger partial charge in [-0.05, 0) is 38.3 Å². The highest BCUT2D eigenvalue weighted by atomic mass is 32.2. The molecule has 0 radical (unpaired) electrons. The first-order valence-electron chi connectivity index (χ1n) is 5.83. The monoisotopic (exact) mass is 234 g/mol. The minimum Gasteiger partial charge on any atom is -0.254 e. The van der Waals surface area contributed by atoms with Gasteiger partial charge in [-0.1, -0.05) is 36.3 Å². The van der Waals surface area contributed by atoms with Crippen molar-refractivity contribution in [2.45, 2.75) is 42.8 Å². The predicted molar refractivity (Wildman–Crippen MR) is 69.0 cm³/mol. The molecule has 86 valence electrons. The third-order valence-corrected chi connectivity index (χ3v) is 5.00. The Morgan fingerprint density at radius 2 is 1.94 bits per heavy atom. The molecule has 0 bridgehead atoms. The van der Waals surface area contributed by atoms with Crippen molar-refractivity contribution in [3.05, 3.63) is 42.0 Å². The van der Waals surface area contributed by atoms with Crippen molar-refractivity contribution in [2.24, 2.45) is 0 Å². The van der Waals surface area contributed by atoms with E-state index in [0.29, 0.717) is 0 Å². The summed E-state index contributed by atoms with van der Waals surface area (Å²) in [4.78, 5) is 0.943. The van der Waals surface area contributed by atoms with Gasteiger partial charge in [-0.25, -0.2) is 0 Å². The van der Waals surface area contributed by atoms with Gasteiger partial charge < -0.3 is 0 Å². The Morgan fingerprint density at radius 1 is 1.25 bits per heavy atom. The third-order valence-electron chi connectivity index (χ3n) is 3.18. The van der Waals surface area contributed by atoms with Crippen LogP contribution in [-0.2, 0) is 10.8 Å². The van der Waals surface area contributed by atoms with Crippen molar-refractivity contribution in [1.29, 1.82) is 0 Å². The normalized spacial score (nSPS) is 23.1. The van der Waals surface area contributed by atoms with Gasteiger partial charge in [0.05, 0.1) is 16.0 Å². The Labute approximate surface area is 100 Å². The Balaban J connectivity index is 2.17. The molecule has 0 spiro atoms. The van der Waals surface area contributed by atoms with Crippen molar-refractivity contribution in [3.8, 4) is 0 Å². The molecule has 1 nitrogen and oxygen atoms in total. The molecule has 0 aliphatic heterocycles. The molecule has 0 saturated heterocycles. The average Bonchev–Trinajstić information content (AvgIpc) is 2.30. The van der Waals surface area contributed by atoms with Crippen LogP contribution in [0.15, 0.2) is 41.3 Å². The predicted octanol–water partition coefficient (Wildman–Crippen LogP) is 3.60. The lowest BCUT2D eigenvalue weighted by atomic mass is 9.96. The van der Waals surface area contributed by atoms with Gasteiger partial charge in [0, 0.05) is 4.90 Å². The molecule has 2 heteroatoms. The van der Waals surface area contributed by atoms with Crippen molar-refractivity contribution in [2.75, 3.05) is 0 Å². The number of hydrogen-bond acceptors (Lipinski definition) is 1. The number of hydrogen-bond donors (Lipinski definition) is 0. The largest absolute Gasteiger partial charge is 0.254 e. The highest BCUT2D eigenvalue weighted by Gasteiger charge is 2.23. The molecular weight excluding hydrogens is 216 g/mol. The van der Waals surface area contributed by atoms with Gasteiger partial charge in [0.15, 0.2) is 0 Å². The van der Waals surface area contributed by atoms with Gasteiger partial charge in [0.1, 0.15) is 0 Å². The molecule has 0 heterocycles. The van der Waals surface area contributed by atoms with E-state index in [-0.39, 0.29) is 5.25 Å². The van der Waals surface area contributed by atoms with Crippen LogP contribution in [-0.4, -0.2) is 9.46 Å². The van der Waals surface area contributed by atoms with E-state index in [1.54, 1.807) is 0 Å². The smallest absolute Gasteiger partial charge is 0.0602 e. The molecular formula is C14H18OS. The summed E-state index contributed by atoms with van der Waals surface area (Å²) in [5.41, 5.74) is 2.38. The molecule has 16 heavy (non-hydrogen) atoms. The van der Waals surface area contributed by atoms with Crippen LogP contribution >= 0.6 is 0 Å². The van der Waals surface area contributed by atoms with E-state index in [0.717, 1.165) is 17.7 Å². The fraction of sp³-hybridized carbons (Fsp3) is 0.429. The summed E-state index contributed by atoms with van der Waals surface area (Å²) in [6.45, 7) is 6.11. The molecule has 0 N–H and O–H groups in total. The van der Waals surface area contributed by atoms with Gasteiger partial charge >= 0.3 is 0 Å². The van der Waals surface area contributed by atoms with Gasteiger partial charge in [0.25, 0.3) is 0 Å². The van der Waals surface area contributed by atoms with E-state index < -0.39 is 10.8 Å². The Kier molecular flexibility index (Phi) is 3.59. The van der Waals surface area contributed by atoms with Crippen LogP contribution in [0.4, 0.5) is 0 Å². The maximum atomic E-state index is 12.4. The van der Waals surface area contributed by atoms with E-state index in [4.69, 9.17) is 0 Å². The summed E-state index contributed by atoms with van der Waals surface area (Å²) in [6, 6.07) is 8.01. The molecule has 1 fully saturated rings. The first-order valence-corrected chi connectivity index (χ1v) is 7.04. The molecule has 2 unspecified atom stereocenters. The molecule has 2 rings (SSSR count). The zero-order valence-electron chi connectivity index (χ0n) is 9.74. The molecule has 0 aromatic heterocycles. The molecule has 1 saturated carbocycles. The molecule has 1 aliphatic rings. The van der Waals surface area contributed by atoms with Gasteiger partial charge in [-0.2, -0.15) is 0 Å². The van der Waals surface area contributed by atoms with Crippen LogP contribution in [0.25, 0.3) is 0 Å². The maximum absolute atomic E-state index is 12.4. The summed E-state index contributed by atoms with van der Waals surface area (Å²) in [5.74, 6) is 0. The zero-order valence-corrected chi connectivity index (χ0v) is 10.6. The molecule has 0 amide bonds. The van der Waals surface area contributed by atoms with E-state index in [9.17, 15) is 4.21 Å². The van der Waals surface area contributed by atoms with Crippen LogP contribution in [0.1, 0.15) is 31.2 Å². The molecule has 2 atom stereocenters. The SMILES string of the molecule is C=C1CCCCC1S(=O)c1ccc(C)cc1. The highest BCUT2D eigenvalue weighted by Crippen LogP contribution is 2.29. The zero-order chi connectivity index (χ0) is 11.5. The average molecular weight is 234 g/mol. The van der Waals surface area contributed by atoms with Crippen molar-refractivity contribution < 1.29 is 4.21 Å². The van der Waals surface area contributed by atoms with Crippen LogP contribution in [0.3, 0.4) is 0 Å². The van der Waals surface area contributed by atoms with E-state index in [1.807, 2.05) is 31.2 Å². The van der Waals surface area contributed by atoms with Crippen LogP contribution in [0.2, 0.25) is 0 Å². The maximum Gasteiger partial charge on any atom is 0.0602 e. The number of aryl methyl sites for hydroxylation is 1. The second kappa shape index (κ2) is 4.96. The van der Waals surface area contributed by atoms with Gasteiger partial charge in [-0.15, -0.1) is 0 Å². The molecule has 1 aromatic carbocycles. The summed E-state index contributed by atoms with van der Waals surface area (Å²) in [5, 5.41) is 0.177. The Morgan fingerprint density at radius 3 is 2.56 bits per heavy atom. The van der Waals surface area contributed by atoms with Crippen molar-refractivity contribution in [3.63, 3.8) is 0 Å². The lowest BCUT2D eigenvalue weighted by molar-refractivity contribution is 0.592. The summed E-state index contributed by atoms with van der Waals surface area (Å²) >= 11 is 0. The second-order valence-electron chi connectivity index (χ2n) is 4.50. The standard InChI is InChI=1S/C14H18OS/c1-11-7-9-13(10-8-11)16(15)14-6-4-3-5-12(14)2/h7-10,14H,2-6H2,1H3. The first kappa shape index (κ1) is 11.6. The van der Waals surface area contributed by atoms with Crippen molar-refractivity contribution in [1.82, 2.24) is 0 Å². The highest BCUT2D eigenvalue weighted by molar-refractivity contribution is 7.86. The summed E-state index contributed by atoms with van der Waals surface area (Å²) in [6.07, 6.45) is 4.46. The van der Waals surface area contributed by atoms with Crippen LogP contribution < -0.4 is 0 Å². The van der Waals surface area contributed by atoms with Crippen LogP contribution in [0.5, 0.6) is 0 Å². The van der Waals surface area contributed by atoms with E-state index in [2.05, 4.69) is 6.58 Å². The number of rotatable bonds is 2. The fourth-order valence-electron chi connectivity index (χ4n) is 2.14. The minimum absolute atomic E-state index is 0.177. The topological polar surface area (TPSA) is 17.1 Å². The fourth-order valence-corrected chi connectivity index (χ4v) is 3.68. The van der Waals surface area contributed by atoms with E-state index in [1.165, 1.54) is 24.0 Å². The van der Waals surface area contributed by atoms with Gasteiger partial charge in [-0.3, -0.25) is 4.21 Å². The summed E-state index contributed by atoms with van der Waals surface area (Å²) < 4.78 is 12.4. The lowest BCUT2D eigenvalue weighted by Crippen LogP contribution is -2.21. The first-order chi connectivity index (χ1) is 7.68. The second-order valence-corrected chi connectivity index (χ2v) is 6.14. The Bertz CT molecular complexity index is 405. The van der Waals surface area contributed by atoms with Gasteiger partial charge in [0.2, 0.25) is 0 Å². The van der Waals surface area contributed by atoms with Crippen LogP contribution in [0, 0.1) is 6.92 Å².